The number of aromatic nitrogens is 1. The van der Waals surface area contributed by atoms with Crippen LogP contribution in [0.25, 0.3) is 0 Å². The average molecular weight is 238 g/mol. The van der Waals surface area contributed by atoms with Crippen molar-refractivity contribution in [2.75, 3.05) is 19.8 Å². The molecule has 4 nitrogen and oxygen atoms in total. The van der Waals surface area contributed by atoms with E-state index in [1.54, 1.807) is 0 Å². The standard InChI is InChI=1S/C12H15FN2O2/c13-11-3-1-2-10(15-11)12(16)14-6-4-9-5-7-17-8-9/h1-3,9H,4-8H2,(H,14,16). The number of nitrogens with zero attached hydrogens (tertiary/aromatic N) is 1. The van der Waals surface area contributed by atoms with Crippen LogP contribution < -0.4 is 5.32 Å². The van der Waals surface area contributed by atoms with Crippen molar-refractivity contribution in [3.8, 4) is 0 Å². The highest BCUT2D eigenvalue weighted by Crippen LogP contribution is 2.15. The topological polar surface area (TPSA) is 51.2 Å². The van der Waals surface area contributed by atoms with E-state index in [4.69, 9.17) is 4.74 Å². The lowest BCUT2D eigenvalue weighted by Crippen LogP contribution is -2.27. The Morgan fingerprint density at radius 3 is 3.18 bits per heavy atom. The van der Waals surface area contributed by atoms with Crippen molar-refractivity contribution in [3.05, 3.63) is 29.8 Å². The number of hydrogen-bond donors (Lipinski definition) is 1. The number of nitrogens with one attached hydrogen (secondary N) is 1. The SMILES string of the molecule is O=C(NCCC1CCOC1)c1cccc(F)n1. The number of carbonyl (C=O) groups is 1. The zero-order valence-corrected chi connectivity index (χ0v) is 9.49. The van der Waals surface area contributed by atoms with Crippen molar-refractivity contribution in [2.24, 2.45) is 5.92 Å². The lowest BCUT2D eigenvalue weighted by Gasteiger charge is -2.08. The van der Waals surface area contributed by atoms with Crippen molar-refractivity contribution >= 4 is 5.91 Å². The van der Waals surface area contributed by atoms with Crippen molar-refractivity contribution in [1.29, 1.82) is 0 Å². The van der Waals surface area contributed by atoms with E-state index in [1.807, 2.05) is 0 Å². The predicted octanol–water partition coefficient (Wildman–Crippen LogP) is 1.38. The van der Waals surface area contributed by atoms with Gasteiger partial charge in [0.05, 0.1) is 0 Å². The van der Waals surface area contributed by atoms with Gasteiger partial charge < -0.3 is 10.1 Å². The molecular weight excluding hydrogens is 223 g/mol. The van der Waals surface area contributed by atoms with E-state index in [2.05, 4.69) is 10.3 Å². The van der Waals surface area contributed by atoms with Crippen molar-refractivity contribution in [3.63, 3.8) is 0 Å². The molecule has 1 aliphatic heterocycles. The molecule has 1 N–H and O–H groups in total. The largest absolute Gasteiger partial charge is 0.381 e. The molecule has 0 aliphatic carbocycles. The molecule has 1 amide bonds. The molecule has 1 aromatic rings. The fourth-order valence-corrected chi connectivity index (χ4v) is 1.83. The molecule has 1 fully saturated rings. The van der Waals surface area contributed by atoms with Gasteiger partial charge in [0.25, 0.3) is 5.91 Å². The van der Waals surface area contributed by atoms with Gasteiger partial charge in [-0.15, -0.1) is 0 Å². The summed E-state index contributed by atoms with van der Waals surface area (Å²) >= 11 is 0. The van der Waals surface area contributed by atoms with Gasteiger partial charge in [0, 0.05) is 19.8 Å². The van der Waals surface area contributed by atoms with Gasteiger partial charge in [-0.3, -0.25) is 4.79 Å². The maximum Gasteiger partial charge on any atom is 0.269 e. The number of rotatable bonds is 4. The molecule has 2 heterocycles. The maximum absolute atomic E-state index is 12.8. The van der Waals surface area contributed by atoms with Gasteiger partial charge in [-0.25, -0.2) is 4.98 Å². The minimum atomic E-state index is -0.637. The number of hydrogen-bond acceptors (Lipinski definition) is 3. The average Bonchev–Trinajstić information content (AvgIpc) is 2.82. The predicted molar refractivity (Wildman–Crippen MR) is 60.1 cm³/mol. The highest BCUT2D eigenvalue weighted by molar-refractivity contribution is 5.92. The highest BCUT2D eigenvalue weighted by Gasteiger charge is 2.15. The van der Waals surface area contributed by atoms with Crippen LogP contribution in [0.4, 0.5) is 4.39 Å². The van der Waals surface area contributed by atoms with E-state index in [0.29, 0.717) is 12.5 Å². The monoisotopic (exact) mass is 238 g/mol. The second kappa shape index (κ2) is 5.72. The fourth-order valence-electron chi connectivity index (χ4n) is 1.83. The van der Waals surface area contributed by atoms with Crippen molar-refractivity contribution < 1.29 is 13.9 Å². The van der Waals surface area contributed by atoms with Gasteiger partial charge in [0.2, 0.25) is 5.95 Å². The summed E-state index contributed by atoms with van der Waals surface area (Å²) in [4.78, 5) is 15.1. The quantitative estimate of drug-likeness (QED) is 0.806. The Morgan fingerprint density at radius 2 is 2.47 bits per heavy atom. The lowest BCUT2D eigenvalue weighted by molar-refractivity contribution is 0.0944. The van der Waals surface area contributed by atoms with E-state index >= 15 is 0 Å². The van der Waals surface area contributed by atoms with Gasteiger partial charge in [0.1, 0.15) is 5.69 Å². The maximum atomic E-state index is 12.8. The first-order valence-electron chi connectivity index (χ1n) is 5.74. The number of pyridine rings is 1. The third-order valence-electron chi connectivity index (χ3n) is 2.81. The summed E-state index contributed by atoms with van der Waals surface area (Å²) in [6, 6.07) is 4.19. The van der Waals surface area contributed by atoms with Crippen LogP contribution in [-0.2, 0) is 4.74 Å². The van der Waals surface area contributed by atoms with Gasteiger partial charge in [-0.2, -0.15) is 4.39 Å². The van der Waals surface area contributed by atoms with Crippen LogP contribution in [0.15, 0.2) is 18.2 Å². The molecule has 0 aromatic carbocycles. The molecule has 2 rings (SSSR count). The Kier molecular flexibility index (Phi) is 4.03. The highest BCUT2D eigenvalue weighted by atomic mass is 19.1. The molecule has 1 aromatic heterocycles. The Bertz CT molecular complexity index is 392. The van der Waals surface area contributed by atoms with Crippen LogP contribution in [0, 0.1) is 11.9 Å². The van der Waals surface area contributed by atoms with Crippen LogP contribution in [0.1, 0.15) is 23.3 Å². The van der Waals surface area contributed by atoms with Crippen LogP contribution in [0.2, 0.25) is 0 Å². The van der Waals surface area contributed by atoms with Crippen molar-refractivity contribution in [1.82, 2.24) is 10.3 Å². The first kappa shape index (κ1) is 12.0. The zero-order valence-electron chi connectivity index (χ0n) is 9.49. The van der Waals surface area contributed by atoms with Crippen molar-refractivity contribution in [2.45, 2.75) is 12.8 Å². The van der Waals surface area contributed by atoms with E-state index in [0.717, 1.165) is 26.1 Å². The van der Waals surface area contributed by atoms with Gasteiger partial charge in [-0.05, 0) is 30.9 Å². The lowest BCUT2D eigenvalue weighted by atomic mass is 10.1. The molecule has 1 atom stereocenters. The molecular formula is C12H15FN2O2. The molecule has 0 bridgehead atoms. The van der Waals surface area contributed by atoms with E-state index in [-0.39, 0.29) is 11.6 Å². The molecule has 1 aliphatic rings. The van der Waals surface area contributed by atoms with Crippen LogP contribution in [0.5, 0.6) is 0 Å². The molecule has 0 spiro atoms. The summed E-state index contributed by atoms with van der Waals surface area (Å²) in [5.74, 6) is -0.443. The Hall–Kier alpha value is -1.49. The second-order valence-corrected chi connectivity index (χ2v) is 4.12. The summed E-state index contributed by atoms with van der Waals surface area (Å²) in [6.07, 6.45) is 1.94. The molecule has 17 heavy (non-hydrogen) atoms. The first-order chi connectivity index (χ1) is 8.25. The number of carbonyl (C=O) groups excluding carboxylic acids is 1. The third kappa shape index (κ3) is 3.49. The molecule has 1 saturated heterocycles. The van der Waals surface area contributed by atoms with Gasteiger partial charge in [0.15, 0.2) is 0 Å². The first-order valence-corrected chi connectivity index (χ1v) is 5.74. The smallest absolute Gasteiger partial charge is 0.269 e. The summed E-state index contributed by atoms with van der Waals surface area (Å²) in [6.45, 7) is 2.16. The van der Waals surface area contributed by atoms with E-state index < -0.39 is 5.95 Å². The number of halogens is 1. The van der Waals surface area contributed by atoms with Crippen LogP contribution in [0.3, 0.4) is 0 Å². The van der Waals surface area contributed by atoms with Gasteiger partial charge >= 0.3 is 0 Å². The zero-order chi connectivity index (χ0) is 12.1. The minimum absolute atomic E-state index is 0.118. The second-order valence-electron chi connectivity index (χ2n) is 4.12. The van der Waals surface area contributed by atoms with Crippen LogP contribution >= 0.6 is 0 Å². The Morgan fingerprint density at radius 1 is 1.59 bits per heavy atom. The summed E-state index contributed by atoms with van der Waals surface area (Å²) < 4.78 is 18.0. The fraction of sp³-hybridized carbons (Fsp3) is 0.500. The Balaban J connectivity index is 1.77. The molecule has 5 heteroatoms. The summed E-state index contributed by atoms with van der Waals surface area (Å²) in [7, 11) is 0. The van der Waals surface area contributed by atoms with Gasteiger partial charge in [-0.1, -0.05) is 6.07 Å². The molecule has 1 unspecified atom stereocenters. The van der Waals surface area contributed by atoms with E-state index in [1.165, 1.54) is 18.2 Å². The number of ether oxygens (including phenoxy) is 1. The summed E-state index contributed by atoms with van der Waals surface area (Å²) in [5.41, 5.74) is 0.118. The molecule has 92 valence electrons. The summed E-state index contributed by atoms with van der Waals surface area (Å²) in [5, 5.41) is 2.73. The van der Waals surface area contributed by atoms with Crippen LogP contribution in [-0.4, -0.2) is 30.6 Å². The normalized spacial score (nSPS) is 19.2. The Labute approximate surface area is 99.2 Å². The van der Waals surface area contributed by atoms with E-state index in [9.17, 15) is 9.18 Å². The molecule has 0 radical (unpaired) electrons. The number of amides is 1. The third-order valence-corrected chi connectivity index (χ3v) is 2.81. The molecule has 0 saturated carbocycles. The minimum Gasteiger partial charge on any atom is -0.381 e.